The minimum Gasteiger partial charge on any atom is -0.481 e. The van der Waals surface area contributed by atoms with Crippen molar-refractivity contribution in [2.24, 2.45) is 0 Å². The van der Waals surface area contributed by atoms with Gasteiger partial charge < -0.3 is 20.1 Å². The molecular weight excluding hydrogens is 189 g/mol. The van der Waals surface area contributed by atoms with Gasteiger partial charge in [-0.1, -0.05) is 0 Å². The molecule has 1 fully saturated rings. The zero-order chi connectivity index (χ0) is 10.6. The van der Waals surface area contributed by atoms with Crippen molar-refractivity contribution in [3.8, 4) is 0 Å². The zero-order valence-corrected chi connectivity index (χ0v) is 7.55. The van der Waals surface area contributed by atoms with Crippen LogP contribution in [0, 0.1) is 0 Å². The summed E-state index contributed by atoms with van der Waals surface area (Å²) in [5.74, 6) is -1.39. The first kappa shape index (κ1) is 11.0. The Morgan fingerprint density at radius 3 is 2.86 bits per heavy atom. The van der Waals surface area contributed by atoms with Crippen LogP contribution in [0.25, 0.3) is 0 Å². The number of carbonyl (C=O) groups excluding carboxylic acids is 1. The van der Waals surface area contributed by atoms with Crippen molar-refractivity contribution in [2.75, 3.05) is 0 Å². The lowest BCUT2D eigenvalue weighted by Gasteiger charge is -2.29. The van der Waals surface area contributed by atoms with Crippen molar-refractivity contribution in [1.82, 2.24) is 5.32 Å². The SMILES string of the molecule is O=CN[C@H]1CC[C@@H](CC(=O)O)OB1O. The molecule has 0 unspecified atom stereocenters. The number of nitrogens with one attached hydrogen (secondary N) is 1. The van der Waals surface area contributed by atoms with Crippen LogP contribution in [0.15, 0.2) is 0 Å². The van der Waals surface area contributed by atoms with Crippen LogP contribution >= 0.6 is 0 Å². The first-order valence-electron chi connectivity index (χ1n) is 4.38. The molecule has 1 heterocycles. The van der Waals surface area contributed by atoms with Gasteiger partial charge in [-0.3, -0.25) is 9.59 Å². The van der Waals surface area contributed by atoms with Crippen LogP contribution in [0.4, 0.5) is 0 Å². The Morgan fingerprint density at radius 2 is 2.36 bits per heavy atom. The maximum Gasteiger partial charge on any atom is 0.478 e. The van der Waals surface area contributed by atoms with Crippen LogP contribution in [-0.4, -0.2) is 41.7 Å². The molecule has 6 nitrogen and oxygen atoms in total. The summed E-state index contributed by atoms with van der Waals surface area (Å²) in [5, 5.41) is 20.2. The van der Waals surface area contributed by atoms with Crippen LogP contribution in [0.2, 0.25) is 0 Å². The Kier molecular flexibility index (Phi) is 3.90. The number of carboxylic acid groups (broad SMARTS) is 1. The van der Waals surface area contributed by atoms with Gasteiger partial charge in [0.05, 0.1) is 18.5 Å². The summed E-state index contributed by atoms with van der Waals surface area (Å²) in [5.41, 5.74) is 0. The lowest BCUT2D eigenvalue weighted by molar-refractivity contribution is -0.139. The number of amides is 1. The van der Waals surface area contributed by atoms with Gasteiger partial charge in [0, 0.05) is 0 Å². The highest BCUT2D eigenvalue weighted by Crippen LogP contribution is 2.18. The normalized spacial score (nSPS) is 27.1. The fraction of sp³-hybridized carbons (Fsp3) is 0.714. The predicted molar refractivity (Wildman–Crippen MR) is 47.3 cm³/mol. The van der Waals surface area contributed by atoms with Crippen LogP contribution in [0.1, 0.15) is 19.3 Å². The molecule has 0 aromatic heterocycles. The number of aliphatic carboxylic acids is 1. The second-order valence-electron chi connectivity index (χ2n) is 3.21. The van der Waals surface area contributed by atoms with Gasteiger partial charge >= 0.3 is 13.1 Å². The van der Waals surface area contributed by atoms with E-state index in [1.165, 1.54) is 0 Å². The van der Waals surface area contributed by atoms with E-state index in [1.54, 1.807) is 0 Å². The topological polar surface area (TPSA) is 95.9 Å². The van der Waals surface area contributed by atoms with Crippen molar-refractivity contribution in [3.05, 3.63) is 0 Å². The summed E-state index contributed by atoms with van der Waals surface area (Å²) in [6, 6.07) is 0. The molecule has 1 aliphatic heterocycles. The summed E-state index contributed by atoms with van der Waals surface area (Å²) in [6.45, 7) is 0. The molecule has 0 aromatic rings. The Hall–Kier alpha value is -1.08. The van der Waals surface area contributed by atoms with Crippen molar-refractivity contribution in [2.45, 2.75) is 31.3 Å². The molecule has 78 valence electrons. The number of hydrogen-bond acceptors (Lipinski definition) is 4. The van der Waals surface area contributed by atoms with E-state index in [0.29, 0.717) is 19.3 Å². The Morgan fingerprint density at radius 1 is 1.64 bits per heavy atom. The minimum absolute atomic E-state index is 0.120. The molecule has 2 atom stereocenters. The van der Waals surface area contributed by atoms with E-state index in [1.807, 2.05) is 0 Å². The second-order valence-corrected chi connectivity index (χ2v) is 3.21. The standard InChI is InChI=1S/C7H12BNO5/c10-4-9-6-2-1-5(3-7(11)12)14-8(6)13/h4-6,13H,1-3H2,(H,9,10)(H,11,12)/t5-,6-/m0/s1. The molecule has 1 amide bonds. The van der Waals surface area contributed by atoms with E-state index in [2.05, 4.69) is 5.32 Å². The maximum atomic E-state index is 10.3. The fourth-order valence-electron chi connectivity index (χ4n) is 1.47. The third-order valence-corrected chi connectivity index (χ3v) is 2.16. The number of rotatable bonds is 4. The average molecular weight is 201 g/mol. The molecular formula is C7H12BNO5. The number of carboxylic acids is 1. The van der Waals surface area contributed by atoms with E-state index in [0.717, 1.165) is 0 Å². The van der Waals surface area contributed by atoms with Gasteiger partial charge in [0.2, 0.25) is 6.41 Å². The Bertz CT molecular complexity index is 224. The third kappa shape index (κ3) is 3.00. The fourth-order valence-corrected chi connectivity index (χ4v) is 1.47. The van der Waals surface area contributed by atoms with Crippen molar-refractivity contribution in [3.63, 3.8) is 0 Å². The van der Waals surface area contributed by atoms with E-state index in [-0.39, 0.29) is 6.42 Å². The quantitative estimate of drug-likeness (QED) is 0.391. The first-order chi connectivity index (χ1) is 6.63. The molecule has 3 N–H and O–H groups in total. The van der Waals surface area contributed by atoms with Gasteiger partial charge in [-0.2, -0.15) is 0 Å². The minimum atomic E-state index is -1.11. The average Bonchev–Trinajstić information content (AvgIpc) is 2.09. The van der Waals surface area contributed by atoms with Crippen molar-refractivity contribution < 1.29 is 24.4 Å². The van der Waals surface area contributed by atoms with Crippen LogP contribution in [0.5, 0.6) is 0 Å². The van der Waals surface area contributed by atoms with Gasteiger partial charge in [0.1, 0.15) is 0 Å². The molecule has 1 rings (SSSR count). The lowest BCUT2D eigenvalue weighted by Crippen LogP contribution is -2.50. The van der Waals surface area contributed by atoms with Crippen molar-refractivity contribution >= 4 is 19.5 Å². The molecule has 0 saturated carbocycles. The van der Waals surface area contributed by atoms with Crippen LogP contribution in [-0.2, 0) is 14.2 Å². The maximum absolute atomic E-state index is 10.3. The summed E-state index contributed by atoms with van der Waals surface area (Å²) in [7, 11) is -1.11. The summed E-state index contributed by atoms with van der Waals surface area (Å²) >= 11 is 0. The third-order valence-electron chi connectivity index (χ3n) is 2.16. The monoisotopic (exact) mass is 201 g/mol. The highest BCUT2D eigenvalue weighted by molar-refractivity contribution is 6.45. The van der Waals surface area contributed by atoms with Crippen LogP contribution < -0.4 is 5.32 Å². The van der Waals surface area contributed by atoms with E-state index < -0.39 is 25.1 Å². The molecule has 0 radical (unpaired) electrons. The highest BCUT2D eigenvalue weighted by Gasteiger charge is 2.35. The van der Waals surface area contributed by atoms with Gasteiger partial charge in [0.15, 0.2) is 0 Å². The van der Waals surface area contributed by atoms with E-state index in [9.17, 15) is 14.6 Å². The summed E-state index contributed by atoms with van der Waals surface area (Å²) in [4.78, 5) is 20.5. The summed E-state index contributed by atoms with van der Waals surface area (Å²) < 4.78 is 5.02. The molecule has 0 spiro atoms. The first-order valence-corrected chi connectivity index (χ1v) is 4.38. The molecule has 1 aliphatic rings. The Labute approximate surface area is 81.4 Å². The number of hydrogen-bond donors (Lipinski definition) is 3. The van der Waals surface area contributed by atoms with Gasteiger partial charge in [-0.05, 0) is 12.8 Å². The molecule has 1 saturated heterocycles. The van der Waals surface area contributed by atoms with Gasteiger partial charge in [0.25, 0.3) is 0 Å². The predicted octanol–water partition coefficient (Wildman–Crippen LogP) is -1.23. The van der Waals surface area contributed by atoms with E-state index in [4.69, 9.17) is 9.76 Å². The van der Waals surface area contributed by atoms with Gasteiger partial charge in [-0.25, -0.2) is 0 Å². The summed E-state index contributed by atoms with van der Waals surface area (Å²) in [6.07, 6.45) is 0.957. The smallest absolute Gasteiger partial charge is 0.478 e. The number of carbonyl (C=O) groups is 2. The molecule has 0 aliphatic carbocycles. The van der Waals surface area contributed by atoms with Crippen molar-refractivity contribution in [1.29, 1.82) is 0 Å². The van der Waals surface area contributed by atoms with Crippen LogP contribution in [0.3, 0.4) is 0 Å². The highest BCUT2D eigenvalue weighted by atomic mass is 16.5. The van der Waals surface area contributed by atoms with Gasteiger partial charge in [-0.15, -0.1) is 0 Å². The molecule has 14 heavy (non-hydrogen) atoms. The van der Waals surface area contributed by atoms with E-state index >= 15 is 0 Å². The Balaban J connectivity index is 2.38. The lowest BCUT2D eigenvalue weighted by atomic mass is 9.72. The zero-order valence-electron chi connectivity index (χ0n) is 7.55. The molecule has 0 bridgehead atoms. The molecule has 0 aromatic carbocycles. The largest absolute Gasteiger partial charge is 0.481 e. The molecule has 7 heteroatoms. The second kappa shape index (κ2) is 4.97.